The summed E-state index contributed by atoms with van der Waals surface area (Å²) in [5.74, 6) is 2.39. The third-order valence-electron chi connectivity index (χ3n) is 13.2. The predicted octanol–water partition coefficient (Wildman–Crippen LogP) is 15.1. The van der Waals surface area contributed by atoms with Gasteiger partial charge in [0.2, 0.25) is 0 Å². The molecule has 0 bridgehead atoms. The number of pyridine rings is 1. The second-order valence-electron chi connectivity index (χ2n) is 18.3. The minimum absolute atomic E-state index is 0.0243. The Balaban J connectivity index is 1.08. The van der Waals surface area contributed by atoms with Crippen LogP contribution in [0.25, 0.3) is 72.3 Å². The van der Waals surface area contributed by atoms with E-state index in [-0.39, 0.29) is 5.41 Å². The van der Waals surface area contributed by atoms with Gasteiger partial charge in [-0.15, -0.1) is 0 Å². The zero-order valence-corrected chi connectivity index (χ0v) is 39.8. The number of ether oxygens (including phenoxy) is 1. The topological polar surface area (TPSA) is 40.1 Å². The Labute approximate surface area is 401 Å². The van der Waals surface area contributed by atoms with Crippen LogP contribution in [0, 0.1) is 3.80 Å². The van der Waals surface area contributed by atoms with Crippen LogP contribution < -0.4 is 9.64 Å². The zero-order valence-electron chi connectivity index (χ0n) is 37.5. The van der Waals surface area contributed by atoms with Crippen molar-refractivity contribution in [2.24, 2.45) is 0 Å². The van der Waals surface area contributed by atoms with E-state index in [2.05, 4.69) is 259 Å². The summed E-state index contributed by atoms with van der Waals surface area (Å²) in [5.41, 5.74) is 16.1. The van der Waals surface area contributed by atoms with Crippen LogP contribution >= 0.6 is 0 Å². The third-order valence-corrected chi connectivity index (χ3v) is 14.2. The molecule has 8 aromatic carbocycles. The molecule has 0 saturated carbocycles. The van der Waals surface area contributed by atoms with Crippen molar-refractivity contribution in [3.8, 4) is 50.9 Å². The van der Waals surface area contributed by atoms with Crippen molar-refractivity contribution in [1.82, 2.24) is 18.7 Å². The molecule has 0 amide bonds. The van der Waals surface area contributed by atoms with Crippen molar-refractivity contribution in [3.63, 3.8) is 0 Å². The zero-order chi connectivity index (χ0) is 45.2. The summed E-state index contributed by atoms with van der Waals surface area (Å²) in [4.78, 5) is 7.39. The number of imidazole rings is 1. The van der Waals surface area contributed by atoms with Crippen LogP contribution in [0.15, 0.2) is 206 Å². The first-order valence-corrected chi connectivity index (χ1v) is 24.0. The molecule has 0 N–H and O–H groups in total. The van der Waals surface area contributed by atoms with Crippen molar-refractivity contribution in [2.75, 3.05) is 11.4 Å². The summed E-state index contributed by atoms with van der Waals surface area (Å²) in [6, 6.07) is 71.8. The number of aromatic nitrogens is 4. The van der Waals surface area contributed by atoms with Crippen LogP contribution in [0.4, 0.5) is 11.4 Å². The van der Waals surface area contributed by atoms with Gasteiger partial charge in [-0.05, 0) is 17.0 Å². The van der Waals surface area contributed by atoms with Crippen molar-refractivity contribution in [2.45, 2.75) is 32.6 Å². The van der Waals surface area contributed by atoms with Gasteiger partial charge in [-0.1, -0.05) is 32.9 Å². The number of fused-ring (bicyclic) bond motifs is 5. The molecule has 0 aliphatic carbocycles. The standard InChI is InChI=1S/C60H47N5O.Pt/c1-60(2,3)44-33-35-61-57(37-44)65-52-27-14-13-24-50(52)51-31-29-46(38-55(51)65)66-47-30-32-53-56(39-47)64-40-63(54-28-15-21-43(58(54)64)34-36-62(53)45-22-11-6-12-23-45)59-48(41-17-7-4-8-18-41)25-16-26-49(59)42-19-9-5-10-20-42;/h4-33,35,37-39H,34,36H2,1-3H3;. The normalized spacial score (nSPS) is 12.6. The molecule has 4 heterocycles. The fourth-order valence-electron chi connectivity index (χ4n) is 10.0. The van der Waals surface area contributed by atoms with Crippen molar-refractivity contribution < 1.29 is 24.1 Å². The van der Waals surface area contributed by atoms with E-state index in [4.69, 9.17) is 9.72 Å². The van der Waals surface area contributed by atoms with E-state index >= 15 is 0 Å². The molecule has 0 unspecified atom stereocenters. The molecule has 11 aromatic rings. The Morgan fingerprint density at radius 2 is 1.15 bits per heavy atom. The maximum atomic E-state index is 7.02. The van der Waals surface area contributed by atoms with Crippen LogP contribution in [0.3, 0.4) is 0 Å². The summed E-state index contributed by atoms with van der Waals surface area (Å²) in [6.45, 7) is 7.54. The van der Waals surface area contributed by atoms with Crippen LogP contribution in [0.2, 0.25) is 0 Å². The minimum atomic E-state index is -0.0243. The first kappa shape index (κ1) is 40.9. The van der Waals surface area contributed by atoms with Crippen LogP contribution in [-0.4, -0.2) is 25.2 Å². The summed E-state index contributed by atoms with van der Waals surface area (Å²) < 4.78 is 15.3. The summed E-state index contributed by atoms with van der Waals surface area (Å²) >= 11 is 2.57. The average molecular weight is 1050 g/mol. The van der Waals surface area contributed by atoms with E-state index in [0.717, 1.165) is 78.8 Å². The van der Waals surface area contributed by atoms with Gasteiger partial charge >= 0.3 is 347 Å². The van der Waals surface area contributed by atoms with Crippen LogP contribution in [0.5, 0.6) is 11.5 Å². The van der Waals surface area contributed by atoms with Crippen molar-refractivity contribution >= 4 is 44.2 Å². The molecule has 0 radical (unpaired) electrons. The molecule has 67 heavy (non-hydrogen) atoms. The van der Waals surface area contributed by atoms with Gasteiger partial charge in [0.1, 0.15) is 0 Å². The Morgan fingerprint density at radius 3 is 1.88 bits per heavy atom. The molecule has 0 saturated heterocycles. The molecule has 12 rings (SSSR count). The van der Waals surface area contributed by atoms with Crippen molar-refractivity contribution in [3.05, 3.63) is 221 Å². The molecule has 0 fully saturated rings. The van der Waals surface area contributed by atoms with Gasteiger partial charge in [-0.25, -0.2) is 0 Å². The van der Waals surface area contributed by atoms with Crippen LogP contribution in [0.1, 0.15) is 31.9 Å². The summed E-state index contributed by atoms with van der Waals surface area (Å²) in [7, 11) is 0. The van der Waals surface area contributed by atoms with E-state index in [1.54, 1.807) is 0 Å². The number of benzene rings is 8. The molecule has 6 nitrogen and oxygen atoms in total. The summed E-state index contributed by atoms with van der Waals surface area (Å²) in [6.07, 6.45) is 2.79. The predicted molar refractivity (Wildman–Crippen MR) is 271 cm³/mol. The SMILES string of the molecule is CC(C)(C)c1ccnc(-n2c3ccccc3c3ccc(Oc4ccc5c(c4)-n4[c](=[Pt])n(-c6c(-c7ccccc7)cccc6-c6ccccc6)c6cccc(c64)CCN5c4ccccc4)cc32)c1. The maximum absolute atomic E-state index is 7.02. The fraction of sp³-hybridized carbons (Fsp3) is 0.100. The first-order valence-electron chi connectivity index (χ1n) is 22.9. The number of nitrogens with zero attached hydrogens (tertiary/aromatic N) is 5. The van der Waals surface area contributed by atoms with E-state index in [1.165, 1.54) is 44.3 Å². The van der Waals surface area contributed by atoms with Gasteiger partial charge < -0.3 is 0 Å². The molecule has 1 aliphatic heterocycles. The van der Waals surface area contributed by atoms with Gasteiger partial charge in [0.15, 0.2) is 0 Å². The summed E-state index contributed by atoms with van der Waals surface area (Å²) in [5, 5.41) is 2.33. The molecular weight excluding hydrogens is 1000 g/mol. The van der Waals surface area contributed by atoms with Gasteiger partial charge in [0.05, 0.1) is 0 Å². The number of hydrogen-bond donors (Lipinski definition) is 0. The Hall–Kier alpha value is -7.53. The average Bonchev–Trinajstić information content (AvgIpc) is 3.85. The van der Waals surface area contributed by atoms with Gasteiger partial charge in [0.25, 0.3) is 0 Å². The number of para-hydroxylation sites is 4. The number of anilines is 2. The quantitative estimate of drug-likeness (QED) is 0.160. The molecule has 7 heteroatoms. The van der Waals surface area contributed by atoms with Crippen molar-refractivity contribution in [1.29, 1.82) is 0 Å². The first-order chi connectivity index (χ1) is 32.8. The van der Waals surface area contributed by atoms with E-state index < -0.39 is 0 Å². The van der Waals surface area contributed by atoms with Crippen LogP contribution in [-0.2, 0) is 31.2 Å². The number of rotatable bonds is 7. The van der Waals surface area contributed by atoms with Gasteiger partial charge in [-0.3, -0.25) is 0 Å². The third kappa shape index (κ3) is 7.06. The number of hydrogen-bond acceptors (Lipinski definition) is 3. The monoisotopic (exact) mass is 1050 g/mol. The van der Waals surface area contributed by atoms with E-state index in [9.17, 15) is 0 Å². The molecule has 0 spiro atoms. The Kier molecular flexibility index (Phi) is 10.0. The fourth-order valence-corrected chi connectivity index (χ4v) is 11.1. The molecule has 328 valence electrons. The Morgan fingerprint density at radius 1 is 0.522 bits per heavy atom. The van der Waals surface area contributed by atoms with Gasteiger partial charge in [-0.2, -0.15) is 0 Å². The molecular formula is C60H47N5OPt. The second-order valence-corrected chi connectivity index (χ2v) is 19.3. The second kappa shape index (κ2) is 16.4. The van der Waals surface area contributed by atoms with Gasteiger partial charge in [0, 0.05) is 6.20 Å². The van der Waals surface area contributed by atoms with E-state index in [1.807, 2.05) is 6.20 Å². The Bertz CT molecular complexity index is 3670. The molecule has 0 atom stereocenters. The molecule has 1 aliphatic rings. The molecule has 3 aromatic heterocycles. The van der Waals surface area contributed by atoms with E-state index in [0.29, 0.717) is 0 Å².